The number of hydrogen-bond acceptors (Lipinski definition) is 3. The van der Waals surface area contributed by atoms with Gasteiger partial charge in [0.05, 0.1) is 11.9 Å². The number of anilines is 1. The molecule has 1 heterocycles. The van der Waals surface area contributed by atoms with Gasteiger partial charge in [-0.15, -0.1) is 0 Å². The van der Waals surface area contributed by atoms with Crippen molar-refractivity contribution in [2.45, 2.75) is 13.3 Å². The number of halogens is 1. The molecule has 0 saturated heterocycles. The van der Waals surface area contributed by atoms with E-state index in [4.69, 9.17) is 0 Å². The number of nitrogens with one attached hydrogen (secondary N) is 2. The van der Waals surface area contributed by atoms with Crippen molar-refractivity contribution in [3.63, 3.8) is 0 Å². The minimum absolute atomic E-state index is 0.212. The van der Waals surface area contributed by atoms with Crippen LogP contribution in [0.4, 0.5) is 5.69 Å². The smallest absolute Gasteiger partial charge is 0.280 e. The second kappa shape index (κ2) is 4.25. The van der Waals surface area contributed by atoms with Crippen LogP contribution in [-0.2, 0) is 0 Å². The monoisotopic (exact) mass is 231 g/mol. The minimum atomic E-state index is -0.212. The van der Waals surface area contributed by atoms with E-state index in [2.05, 4.69) is 38.4 Å². The lowest BCUT2D eigenvalue weighted by Gasteiger charge is -2.03. The van der Waals surface area contributed by atoms with E-state index in [1.807, 2.05) is 0 Å². The van der Waals surface area contributed by atoms with Crippen LogP contribution in [0.2, 0.25) is 0 Å². The van der Waals surface area contributed by atoms with Crippen LogP contribution in [-0.4, -0.2) is 16.7 Å². The van der Waals surface area contributed by atoms with Gasteiger partial charge >= 0.3 is 0 Å². The summed E-state index contributed by atoms with van der Waals surface area (Å²) in [6, 6.07) is 0. The zero-order valence-corrected chi connectivity index (χ0v) is 8.31. The van der Waals surface area contributed by atoms with Crippen LogP contribution in [0.15, 0.2) is 15.5 Å². The van der Waals surface area contributed by atoms with Crippen LogP contribution < -0.4 is 10.9 Å². The third-order valence-electron chi connectivity index (χ3n) is 1.36. The Kier molecular flexibility index (Phi) is 3.28. The van der Waals surface area contributed by atoms with Crippen molar-refractivity contribution in [3.8, 4) is 0 Å². The predicted molar refractivity (Wildman–Crippen MR) is 51.3 cm³/mol. The fourth-order valence-corrected chi connectivity index (χ4v) is 1.10. The molecule has 0 bridgehead atoms. The molecular weight excluding hydrogens is 222 g/mol. The standard InChI is InChI=1S/C7H10BrN3O/c1-2-3-9-5-4-10-11-7(12)6(5)8/h4H,2-3H2,1H3,(H2,9,11,12). The summed E-state index contributed by atoms with van der Waals surface area (Å²) in [7, 11) is 0. The average Bonchev–Trinajstić information content (AvgIpc) is 2.08. The van der Waals surface area contributed by atoms with E-state index in [0.29, 0.717) is 4.47 Å². The van der Waals surface area contributed by atoms with E-state index in [-0.39, 0.29) is 5.56 Å². The highest BCUT2D eigenvalue weighted by Gasteiger charge is 2.01. The first-order valence-corrected chi connectivity index (χ1v) is 4.52. The molecule has 0 saturated carbocycles. The summed E-state index contributed by atoms with van der Waals surface area (Å²) in [5, 5.41) is 9.07. The Hall–Kier alpha value is -0.840. The molecule has 0 unspecified atom stereocenters. The first-order chi connectivity index (χ1) is 5.75. The van der Waals surface area contributed by atoms with Crippen LogP contribution in [0.25, 0.3) is 0 Å². The molecule has 1 rings (SSSR count). The Bertz CT molecular complexity index is 310. The summed E-state index contributed by atoms with van der Waals surface area (Å²) in [6.45, 7) is 2.89. The lowest BCUT2D eigenvalue weighted by atomic mass is 10.4. The highest BCUT2D eigenvalue weighted by Crippen LogP contribution is 2.14. The Morgan fingerprint density at radius 1 is 1.75 bits per heavy atom. The van der Waals surface area contributed by atoms with Gasteiger partial charge in [-0.3, -0.25) is 4.79 Å². The predicted octanol–water partition coefficient (Wildman–Crippen LogP) is 1.35. The van der Waals surface area contributed by atoms with E-state index in [0.717, 1.165) is 18.7 Å². The molecule has 0 aromatic carbocycles. The molecule has 5 heteroatoms. The maximum Gasteiger partial charge on any atom is 0.280 e. The highest BCUT2D eigenvalue weighted by molar-refractivity contribution is 9.10. The molecule has 1 aromatic heterocycles. The number of hydrogen-bond donors (Lipinski definition) is 2. The molecule has 1 aromatic rings. The molecule has 0 aliphatic rings. The first kappa shape index (κ1) is 9.25. The van der Waals surface area contributed by atoms with Crippen molar-refractivity contribution in [1.82, 2.24) is 10.2 Å². The fourth-order valence-electron chi connectivity index (χ4n) is 0.766. The molecule has 0 amide bonds. The maximum atomic E-state index is 11.0. The van der Waals surface area contributed by atoms with Gasteiger partial charge in [-0.05, 0) is 22.4 Å². The van der Waals surface area contributed by atoms with E-state index < -0.39 is 0 Å². The quantitative estimate of drug-likeness (QED) is 0.827. The van der Waals surface area contributed by atoms with Gasteiger partial charge in [-0.1, -0.05) is 6.92 Å². The van der Waals surface area contributed by atoms with E-state index in [1.54, 1.807) is 6.20 Å². The molecule has 0 aliphatic heterocycles. The average molecular weight is 232 g/mol. The second-order valence-corrected chi connectivity index (χ2v) is 3.15. The molecular formula is C7H10BrN3O. The number of H-pyrrole nitrogens is 1. The van der Waals surface area contributed by atoms with E-state index in [9.17, 15) is 4.79 Å². The molecule has 12 heavy (non-hydrogen) atoms. The summed E-state index contributed by atoms with van der Waals surface area (Å²) in [5.41, 5.74) is 0.525. The first-order valence-electron chi connectivity index (χ1n) is 3.72. The van der Waals surface area contributed by atoms with Gasteiger partial charge in [-0.25, -0.2) is 5.10 Å². The molecule has 2 N–H and O–H groups in total. The van der Waals surface area contributed by atoms with Crippen molar-refractivity contribution < 1.29 is 0 Å². The summed E-state index contributed by atoms with van der Waals surface area (Å²) < 4.78 is 0.506. The van der Waals surface area contributed by atoms with Crippen molar-refractivity contribution in [1.29, 1.82) is 0 Å². The normalized spacial score (nSPS) is 9.83. The van der Waals surface area contributed by atoms with Gasteiger partial charge in [-0.2, -0.15) is 5.10 Å². The molecule has 0 aliphatic carbocycles. The number of rotatable bonds is 3. The van der Waals surface area contributed by atoms with Gasteiger partial charge < -0.3 is 5.32 Å². The van der Waals surface area contributed by atoms with Crippen LogP contribution in [0.5, 0.6) is 0 Å². The zero-order chi connectivity index (χ0) is 8.97. The summed E-state index contributed by atoms with van der Waals surface area (Å²) in [5.74, 6) is 0. The zero-order valence-electron chi connectivity index (χ0n) is 6.72. The van der Waals surface area contributed by atoms with E-state index >= 15 is 0 Å². The van der Waals surface area contributed by atoms with Gasteiger partial charge in [0.25, 0.3) is 5.56 Å². The number of aromatic amines is 1. The van der Waals surface area contributed by atoms with Gasteiger partial charge in [0.15, 0.2) is 0 Å². The third kappa shape index (κ3) is 2.07. The van der Waals surface area contributed by atoms with Crippen LogP contribution in [0, 0.1) is 0 Å². The Morgan fingerprint density at radius 2 is 2.50 bits per heavy atom. The van der Waals surface area contributed by atoms with E-state index in [1.165, 1.54) is 0 Å². The molecule has 0 atom stereocenters. The lowest BCUT2D eigenvalue weighted by molar-refractivity contribution is 0.946. The molecule has 0 fully saturated rings. The summed E-state index contributed by atoms with van der Waals surface area (Å²) in [4.78, 5) is 11.0. The van der Waals surface area contributed by atoms with Gasteiger partial charge in [0.2, 0.25) is 0 Å². The topological polar surface area (TPSA) is 57.8 Å². The van der Waals surface area contributed by atoms with Crippen LogP contribution in [0.1, 0.15) is 13.3 Å². The molecule has 0 radical (unpaired) electrons. The van der Waals surface area contributed by atoms with Crippen LogP contribution in [0.3, 0.4) is 0 Å². The van der Waals surface area contributed by atoms with Crippen molar-refractivity contribution in [2.24, 2.45) is 0 Å². The lowest BCUT2D eigenvalue weighted by Crippen LogP contribution is -2.12. The molecule has 4 nitrogen and oxygen atoms in total. The summed E-state index contributed by atoms with van der Waals surface area (Å²) >= 11 is 3.16. The second-order valence-electron chi connectivity index (χ2n) is 2.35. The Morgan fingerprint density at radius 3 is 3.17 bits per heavy atom. The minimum Gasteiger partial charge on any atom is -0.383 e. The Labute approximate surface area is 78.5 Å². The van der Waals surface area contributed by atoms with Crippen molar-refractivity contribution >= 4 is 21.6 Å². The van der Waals surface area contributed by atoms with Crippen LogP contribution >= 0.6 is 15.9 Å². The van der Waals surface area contributed by atoms with Crippen molar-refractivity contribution in [2.75, 3.05) is 11.9 Å². The largest absolute Gasteiger partial charge is 0.383 e. The summed E-state index contributed by atoms with van der Waals surface area (Å²) in [6.07, 6.45) is 2.60. The highest BCUT2D eigenvalue weighted by atomic mass is 79.9. The van der Waals surface area contributed by atoms with Gasteiger partial charge in [0, 0.05) is 6.54 Å². The number of aromatic nitrogens is 2. The maximum absolute atomic E-state index is 11.0. The SMILES string of the molecule is CCCNc1cn[nH]c(=O)c1Br. The van der Waals surface area contributed by atoms with Gasteiger partial charge in [0.1, 0.15) is 4.47 Å². The van der Waals surface area contributed by atoms with Crippen molar-refractivity contribution in [3.05, 3.63) is 21.0 Å². The third-order valence-corrected chi connectivity index (χ3v) is 2.15. The number of nitrogens with zero attached hydrogens (tertiary/aromatic N) is 1. The fraction of sp³-hybridized carbons (Fsp3) is 0.429. The molecule has 0 spiro atoms. The Balaban J connectivity index is 2.85. The molecule has 66 valence electrons.